The molecule has 2 aromatic rings. The molecule has 21 heavy (non-hydrogen) atoms. The van der Waals surface area contributed by atoms with Crippen molar-refractivity contribution < 1.29 is 9.47 Å². The van der Waals surface area contributed by atoms with Crippen LogP contribution in [0.15, 0.2) is 32.5 Å². The van der Waals surface area contributed by atoms with E-state index >= 15 is 0 Å². The van der Waals surface area contributed by atoms with Gasteiger partial charge >= 0.3 is 0 Å². The van der Waals surface area contributed by atoms with Crippen molar-refractivity contribution in [3.8, 4) is 11.5 Å². The second-order valence-corrected chi connectivity index (χ2v) is 7.62. The van der Waals surface area contributed by atoms with Crippen molar-refractivity contribution in [3.63, 3.8) is 0 Å². The number of hydrogen-bond donors (Lipinski definition) is 1. The number of nitrogens with one attached hydrogen (secondary N) is 1. The predicted molar refractivity (Wildman–Crippen MR) is 94.8 cm³/mol. The second-order valence-electron chi connectivity index (χ2n) is 4.34. The maximum atomic E-state index is 5.60. The van der Waals surface area contributed by atoms with Crippen LogP contribution in [0.3, 0.4) is 0 Å². The summed E-state index contributed by atoms with van der Waals surface area (Å²) in [7, 11) is 3.33. The summed E-state index contributed by atoms with van der Waals surface area (Å²) in [4.78, 5) is 1.24. The lowest BCUT2D eigenvalue weighted by molar-refractivity contribution is 0.383. The van der Waals surface area contributed by atoms with Crippen molar-refractivity contribution >= 4 is 43.2 Å². The molecule has 0 aliphatic carbocycles. The molecule has 1 aromatic carbocycles. The number of halogens is 2. The molecule has 1 atom stereocenters. The van der Waals surface area contributed by atoms with E-state index in [2.05, 4.69) is 56.2 Å². The summed E-state index contributed by atoms with van der Waals surface area (Å²) in [6.45, 7) is 2.97. The van der Waals surface area contributed by atoms with Gasteiger partial charge in [-0.15, -0.1) is 11.3 Å². The van der Waals surface area contributed by atoms with E-state index in [-0.39, 0.29) is 6.04 Å². The molecule has 1 N–H and O–H groups in total. The van der Waals surface area contributed by atoms with Gasteiger partial charge in [-0.2, -0.15) is 0 Å². The fraction of sp³-hybridized carbons (Fsp3) is 0.333. The number of ether oxygens (including phenoxy) is 2. The van der Waals surface area contributed by atoms with Gasteiger partial charge in [-0.25, -0.2) is 0 Å². The van der Waals surface area contributed by atoms with Crippen LogP contribution in [0.4, 0.5) is 0 Å². The Kier molecular flexibility index (Phi) is 6.10. The smallest absolute Gasteiger partial charge is 0.141 e. The SMILES string of the molecule is CCNC(c1ccc(Br)s1)c1ccc(OC)c(Br)c1OC. The first-order chi connectivity index (χ1) is 10.1. The molecule has 1 heterocycles. The average Bonchev–Trinajstić information content (AvgIpc) is 2.91. The van der Waals surface area contributed by atoms with E-state index in [1.807, 2.05) is 12.1 Å². The summed E-state index contributed by atoms with van der Waals surface area (Å²) in [5, 5.41) is 3.52. The lowest BCUT2D eigenvalue weighted by Gasteiger charge is -2.21. The molecular weight excluding hydrogens is 418 g/mol. The Bertz CT molecular complexity index is 616. The molecule has 1 unspecified atom stereocenters. The van der Waals surface area contributed by atoms with Gasteiger partial charge < -0.3 is 14.8 Å². The highest BCUT2D eigenvalue weighted by Gasteiger charge is 2.22. The van der Waals surface area contributed by atoms with Gasteiger partial charge in [0.15, 0.2) is 0 Å². The van der Waals surface area contributed by atoms with E-state index in [9.17, 15) is 0 Å². The fourth-order valence-corrected chi connectivity index (χ4v) is 4.40. The van der Waals surface area contributed by atoms with E-state index < -0.39 is 0 Å². The van der Waals surface area contributed by atoms with Gasteiger partial charge in [-0.1, -0.05) is 6.92 Å². The average molecular weight is 435 g/mol. The zero-order valence-electron chi connectivity index (χ0n) is 12.1. The number of rotatable bonds is 6. The number of benzene rings is 1. The third kappa shape index (κ3) is 3.62. The Labute approximate surface area is 145 Å². The molecule has 2 rings (SSSR count). The van der Waals surface area contributed by atoms with E-state index in [0.717, 1.165) is 31.9 Å². The van der Waals surface area contributed by atoms with Crippen LogP contribution in [-0.2, 0) is 0 Å². The fourth-order valence-electron chi connectivity index (χ4n) is 2.20. The van der Waals surface area contributed by atoms with Crippen LogP contribution >= 0.6 is 43.2 Å². The maximum absolute atomic E-state index is 5.60. The van der Waals surface area contributed by atoms with Crippen LogP contribution < -0.4 is 14.8 Å². The first-order valence-electron chi connectivity index (χ1n) is 6.51. The Hall–Kier alpha value is -0.560. The van der Waals surface area contributed by atoms with Crippen LogP contribution in [0.25, 0.3) is 0 Å². The van der Waals surface area contributed by atoms with Crippen LogP contribution in [0.1, 0.15) is 23.4 Å². The molecule has 3 nitrogen and oxygen atoms in total. The Morgan fingerprint density at radius 2 is 1.90 bits per heavy atom. The first kappa shape index (κ1) is 16.8. The molecule has 0 spiro atoms. The quantitative estimate of drug-likeness (QED) is 0.694. The van der Waals surface area contributed by atoms with E-state index in [4.69, 9.17) is 9.47 Å². The van der Waals surface area contributed by atoms with Crippen molar-refractivity contribution in [3.05, 3.63) is 43.0 Å². The second kappa shape index (κ2) is 7.63. The maximum Gasteiger partial charge on any atom is 0.141 e. The zero-order valence-corrected chi connectivity index (χ0v) is 16.1. The van der Waals surface area contributed by atoms with Crippen molar-refractivity contribution in [2.24, 2.45) is 0 Å². The molecule has 6 heteroatoms. The van der Waals surface area contributed by atoms with Gasteiger partial charge in [0.05, 0.1) is 24.0 Å². The molecule has 0 aliphatic rings. The highest BCUT2D eigenvalue weighted by molar-refractivity contribution is 9.11. The molecule has 0 aliphatic heterocycles. The van der Waals surface area contributed by atoms with Gasteiger partial charge in [0, 0.05) is 10.4 Å². The molecule has 0 bridgehead atoms. The van der Waals surface area contributed by atoms with Crippen LogP contribution in [0, 0.1) is 0 Å². The Morgan fingerprint density at radius 1 is 1.14 bits per heavy atom. The standard InChI is InChI=1S/C15H17Br2NO2S/c1-4-18-14(11-7-8-12(16)21-11)9-5-6-10(19-2)13(17)15(9)20-3/h5-8,14,18H,4H2,1-3H3. The summed E-state index contributed by atoms with van der Waals surface area (Å²) in [5.74, 6) is 1.56. The molecule has 0 saturated carbocycles. The number of hydrogen-bond acceptors (Lipinski definition) is 4. The monoisotopic (exact) mass is 433 g/mol. The summed E-state index contributed by atoms with van der Waals surface area (Å²) in [5.41, 5.74) is 1.08. The van der Waals surface area contributed by atoms with Crippen LogP contribution in [0.5, 0.6) is 11.5 Å². The lowest BCUT2D eigenvalue weighted by atomic mass is 10.0. The van der Waals surface area contributed by atoms with Gasteiger partial charge in [0.25, 0.3) is 0 Å². The molecule has 1 aromatic heterocycles. The predicted octanol–water partition coefficient (Wildman–Crippen LogP) is 4.99. The van der Waals surface area contributed by atoms with Crippen LogP contribution in [0.2, 0.25) is 0 Å². The lowest BCUT2D eigenvalue weighted by Crippen LogP contribution is -2.21. The highest BCUT2D eigenvalue weighted by atomic mass is 79.9. The minimum Gasteiger partial charge on any atom is -0.495 e. The first-order valence-corrected chi connectivity index (χ1v) is 8.91. The van der Waals surface area contributed by atoms with Gasteiger partial charge in [0.1, 0.15) is 16.0 Å². The van der Waals surface area contributed by atoms with Gasteiger partial charge in [-0.3, -0.25) is 0 Å². The van der Waals surface area contributed by atoms with Gasteiger partial charge in [-0.05, 0) is 62.7 Å². The van der Waals surface area contributed by atoms with Crippen molar-refractivity contribution in [1.82, 2.24) is 5.32 Å². The minimum atomic E-state index is 0.0865. The van der Waals surface area contributed by atoms with Crippen molar-refractivity contribution in [1.29, 1.82) is 0 Å². The summed E-state index contributed by atoms with van der Waals surface area (Å²) < 4.78 is 12.9. The van der Waals surface area contributed by atoms with Crippen molar-refractivity contribution in [2.75, 3.05) is 20.8 Å². The largest absolute Gasteiger partial charge is 0.495 e. The van der Waals surface area contributed by atoms with E-state index in [1.54, 1.807) is 25.6 Å². The van der Waals surface area contributed by atoms with Gasteiger partial charge in [0.2, 0.25) is 0 Å². The summed E-state index contributed by atoms with van der Waals surface area (Å²) in [6.07, 6.45) is 0. The number of methoxy groups -OCH3 is 2. The van der Waals surface area contributed by atoms with E-state index in [1.165, 1.54) is 4.88 Å². The molecule has 0 radical (unpaired) electrons. The molecule has 0 fully saturated rings. The third-order valence-corrected chi connectivity index (χ3v) is 5.55. The summed E-state index contributed by atoms with van der Waals surface area (Å²) in [6, 6.07) is 8.27. The minimum absolute atomic E-state index is 0.0865. The molecule has 114 valence electrons. The normalized spacial score (nSPS) is 12.2. The zero-order chi connectivity index (χ0) is 15.4. The van der Waals surface area contributed by atoms with Crippen molar-refractivity contribution in [2.45, 2.75) is 13.0 Å². The Balaban J connectivity index is 2.52. The topological polar surface area (TPSA) is 30.5 Å². The van der Waals surface area contributed by atoms with Crippen LogP contribution in [-0.4, -0.2) is 20.8 Å². The molecular formula is C15H17Br2NO2S. The molecule has 0 saturated heterocycles. The third-order valence-electron chi connectivity index (χ3n) is 3.11. The summed E-state index contributed by atoms with van der Waals surface area (Å²) >= 11 is 8.81. The Morgan fingerprint density at radius 3 is 2.43 bits per heavy atom. The molecule has 0 amide bonds. The number of thiophene rings is 1. The van der Waals surface area contributed by atoms with E-state index in [0.29, 0.717) is 0 Å². The highest BCUT2D eigenvalue weighted by Crippen LogP contribution is 2.42.